The fraction of sp³-hybridized carbons (Fsp3) is 0.562. The first-order chi connectivity index (χ1) is 10.3. The first kappa shape index (κ1) is 17.9. The van der Waals surface area contributed by atoms with Gasteiger partial charge in [0.2, 0.25) is 5.91 Å². The molecule has 0 aliphatic rings. The van der Waals surface area contributed by atoms with Crippen LogP contribution < -0.4 is 10.6 Å². The van der Waals surface area contributed by atoms with E-state index >= 15 is 0 Å². The number of pyridine rings is 1. The van der Waals surface area contributed by atoms with E-state index in [2.05, 4.69) is 29.5 Å². The minimum absolute atomic E-state index is 0.138. The maximum atomic E-state index is 12.1. The van der Waals surface area contributed by atoms with Crippen LogP contribution in [0.4, 0.5) is 4.79 Å². The number of hydrogen-bond donors (Lipinski definition) is 2. The van der Waals surface area contributed by atoms with Crippen molar-refractivity contribution in [1.82, 2.24) is 15.6 Å². The zero-order valence-corrected chi connectivity index (χ0v) is 13.7. The van der Waals surface area contributed by atoms with Gasteiger partial charge in [0.1, 0.15) is 12.1 Å². The fourth-order valence-corrected chi connectivity index (χ4v) is 1.67. The molecule has 1 rings (SSSR count). The van der Waals surface area contributed by atoms with E-state index in [0.717, 1.165) is 12.0 Å². The maximum absolute atomic E-state index is 12.1. The largest absolute Gasteiger partial charge is 0.445 e. The first-order valence-corrected chi connectivity index (χ1v) is 7.43. The Balaban J connectivity index is 2.38. The summed E-state index contributed by atoms with van der Waals surface area (Å²) in [5.41, 5.74) is -0.184. The van der Waals surface area contributed by atoms with Crippen molar-refractivity contribution in [2.45, 2.75) is 46.3 Å². The first-order valence-electron chi connectivity index (χ1n) is 7.43. The van der Waals surface area contributed by atoms with Crippen LogP contribution in [0, 0.1) is 5.92 Å². The number of hydrogen-bond acceptors (Lipinski definition) is 4. The van der Waals surface area contributed by atoms with Gasteiger partial charge in [-0.25, -0.2) is 4.79 Å². The highest BCUT2D eigenvalue weighted by Gasteiger charge is 2.29. The molecule has 0 radical (unpaired) electrons. The molecule has 0 saturated heterocycles. The number of rotatable bonds is 7. The van der Waals surface area contributed by atoms with Gasteiger partial charge >= 0.3 is 6.09 Å². The van der Waals surface area contributed by atoms with Crippen molar-refractivity contribution < 1.29 is 14.3 Å². The van der Waals surface area contributed by atoms with Gasteiger partial charge in [0.15, 0.2) is 0 Å². The van der Waals surface area contributed by atoms with Crippen LogP contribution in [-0.4, -0.2) is 29.1 Å². The minimum Gasteiger partial charge on any atom is -0.445 e. The maximum Gasteiger partial charge on any atom is 0.408 e. The lowest BCUT2D eigenvalue weighted by atomic mass is 10.0. The topological polar surface area (TPSA) is 80.3 Å². The highest BCUT2D eigenvalue weighted by Crippen LogP contribution is 2.05. The standard InChI is InChI=1S/C16H25N3O3/c1-12(2)5-10-18-14(20)16(3,4)19-15(21)22-11-13-6-8-17-9-7-13/h6-9,12H,5,10-11H2,1-4H3,(H,18,20)(H,19,21). The summed E-state index contributed by atoms with van der Waals surface area (Å²) in [5.74, 6) is 0.288. The van der Waals surface area contributed by atoms with E-state index in [-0.39, 0.29) is 12.5 Å². The normalized spacial score (nSPS) is 11.1. The fourth-order valence-electron chi connectivity index (χ4n) is 1.67. The number of carbonyl (C=O) groups excluding carboxylic acids is 2. The minimum atomic E-state index is -1.02. The molecule has 6 nitrogen and oxygen atoms in total. The molecule has 0 aromatic carbocycles. The second-order valence-corrected chi connectivity index (χ2v) is 6.12. The Bertz CT molecular complexity index is 487. The Morgan fingerprint density at radius 1 is 1.27 bits per heavy atom. The molecule has 22 heavy (non-hydrogen) atoms. The summed E-state index contributed by atoms with van der Waals surface area (Å²) in [6.07, 6.45) is 3.53. The zero-order valence-electron chi connectivity index (χ0n) is 13.7. The summed E-state index contributed by atoms with van der Waals surface area (Å²) in [7, 11) is 0. The van der Waals surface area contributed by atoms with Crippen LogP contribution in [0.3, 0.4) is 0 Å². The van der Waals surface area contributed by atoms with Crippen molar-refractivity contribution in [3.05, 3.63) is 30.1 Å². The molecule has 122 valence electrons. The van der Waals surface area contributed by atoms with Crippen LogP contribution in [0.25, 0.3) is 0 Å². The Labute approximate surface area is 131 Å². The molecule has 0 bridgehead atoms. The third-order valence-electron chi connectivity index (χ3n) is 3.11. The number of nitrogens with zero attached hydrogens (tertiary/aromatic N) is 1. The second kappa shape index (κ2) is 8.36. The number of carbonyl (C=O) groups is 2. The van der Waals surface area contributed by atoms with Gasteiger partial charge in [0.05, 0.1) is 0 Å². The molecule has 0 aliphatic heterocycles. The summed E-state index contributed by atoms with van der Waals surface area (Å²) in [6, 6.07) is 3.52. The van der Waals surface area contributed by atoms with E-state index in [4.69, 9.17) is 4.74 Å². The number of nitrogens with one attached hydrogen (secondary N) is 2. The number of alkyl carbamates (subject to hydrolysis) is 1. The second-order valence-electron chi connectivity index (χ2n) is 6.12. The highest BCUT2D eigenvalue weighted by atomic mass is 16.5. The van der Waals surface area contributed by atoms with Crippen molar-refractivity contribution in [3.8, 4) is 0 Å². The van der Waals surface area contributed by atoms with Crippen LogP contribution in [0.2, 0.25) is 0 Å². The van der Waals surface area contributed by atoms with E-state index in [1.165, 1.54) is 0 Å². The molecule has 6 heteroatoms. The predicted molar refractivity (Wildman–Crippen MR) is 84.1 cm³/mol. The molecule has 1 aromatic heterocycles. The molecular weight excluding hydrogens is 282 g/mol. The summed E-state index contributed by atoms with van der Waals surface area (Å²) in [5, 5.41) is 5.39. The van der Waals surface area contributed by atoms with Crippen molar-refractivity contribution in [1.29, 1.82) is 0 Å². The number of aromatic nitrogens is 1. The van der Waals surface area contributed by atoms with Crippen molar-refractivity contribution in [3.63, 3.8) is 0 Å². The summed E-state index contributed by atoms with van der Waals surface area (Å²) in [4.78, 5) is 27.7. The van der Waals surface area contributed by atoms with Crippen molar-refractivity contribution in [2.75, 3.05) is 6.54 Å². The van der Waals surface area contributed by atoms with Gasteiger partial charge < -0.3 is 15.4 Å². The average Bonchev–Trinajstić information content (AvgIpc) is 2.45. The molecule has 0 fully saturated rings. The highest BCUT2D eigenvalue weighted by molar-refractivity contribution is 5.89. The van der Waals surface area contributed by atoms with Crippen LogP contribution >= 0.6 is 0 Å². The third kappa shape index (κ3) is 6.56. The van der Waals surface area contributed by atoms with Gasteiger partial charge in [0, 0.05) is 18.9 Å². The lowest BCUT2D eigenvalue weighted by molar-refractivity contribution is -0.126. The Kier molecular flexibility index (Phi) is 6.82. The van der Waals surface area contributed by atoms with E-state index in [0.29, 0.717) is 12.5 Å². The van der Waals surface area contributed by atoms with Crippen molar-refractivity contribution >= 4 is 12.0 Å². The smallest absolute Gasteiger partial charge is 0.408 e. The van der Waals surface area contributed by atoms with Crippen molar-refractivity contribution in [2.24, 2.45) is 5.92 Å². The van der Waals surface area contributed by atoms with Gasteiger partial charge in [-0.3, -0.25) is 9.78 Å². The van der Waals surface area contributed by atoms with E-state index < -0.39 is 11.6 Å². The quantitative estimate of drug-likeness (QED) is 0.809. The van der Waals surface area contributed by atoms with Gasteiger partial charge in [0.25, 0.3) is 0 Å². The molecule has 0 spiro atoms. The Morgan fingerprint density at radius 2 is 1.91 bits per heavy atom. The van der Waals surface area contributed by atoms with Crippen LogP contribution in [0.15, 0.2) is 24.5 Å². The Morgan fingerprint density at radius 3 is 2.50 bits per heavy atom. The molecule has 0 atom stereocenters. The molecule has 0 saturated carbocycles. The van der Waals surface area contributed by atoms with E-state index in [1.807, 2.05) is 0 Å². The number of ether oxygens (including phenoxy) is 1. The monoisotopic (exact) mass is 307 g/mol. The molecule has 1 aromatic rings. The third-order valence-corrected chi connectivity index (χ3v) is 3.11. The SMILES string of the molecule is CC(C)CCNC(=O)C(C)(C)NC(=O)OCc1ccncc1. The van der Waals surface area contributed by atoms with Gasteiger partial charge in [-0.2, -0.15) is 0 Å². The molecule has 0 aliphatic carbocycles. The van der Waals surface area contributed by atoms with Gasteiger partial charge in [-0.05, 0) is 43.9 Å². The molecule has 0 unspecified atom stereocenters. The van der Waals surface area contributed by atoms with Gasteiger partial charge in [-0.15, -0.1) is 0 Å². The Hall–Kier alpha value is -2.11. The van der Waals surface area contributed by atoms with Crippen LogP contribution in [-0.2, 0) is 16.1 Å². The van der Waals surface area contributed by atoms with Crippen LogP contribution in [0.5, 0.6) is 0 Å². The zero-order chi connectivity index (χ0) is 16.6. The average molecular weight is 307 g/mol. The van der Waals surface area contributed by atoms with Crippen LogP contribution in [0.1, 0.15) is 39.7 Å². The van der Waals surface area contributed by atoms with Gasteiger partial charge in [-0.1, -0.05) is 13.8 Å². The molecule has 1 heterocycles. The lowest BCUT2D eigenvalue weighted by Crippen LogP contribution is -2.55. The molecule has 2 amide bonds. The predicted octanol–water partition coefficient (Wildman–Crippen LogP) is 2.25. The summed E-state index contributed by atoms with van der Waals surface area (Å²) < 4.78 is 5.10. The lowest BCUT2D eigenvalue weighted by Gasteiger charge is -2.25. The summed E-state index contributed by atoms with van der Waals surface area (Å²) in [6.45, 7) is 8.20. The number of amides is 2. The molecule has 2 N–H and O–H groups in total. The summed E-state index contributed by atoms with van der Waals surface area (Å²) >= 11 is 0. The van der Waals surface area contributed by atoms with E-state index in [1.54, 1.807) is 38.4 Å². The molecular formula is C16H25N3O3. The van der Waals surface area contributed by atoms with E-state index in [9.17, 15) is 9.59 Å².